The number of nitrogens with two attached hydrogens (primary N) is 1. The van der Waals surface area contributed by atoms with E-state index in [1.165, 1.54) is 14.2 Å². The van der Waals surface area contributed by atoms with Crippen molar-refractivity contribution in [3.63, 3.8) is 0 Å². The number of nitrogens with one attached hydrogen (secondary N) is 1. The summed E-state index contributed by atoms with van der Waals surface area (Å²) < 4.78 is 10.3. The number of nitrogen functional groups attached to an aromatic ring is 1. The molecule has 0 saturated heterocycles. The molecule has 0 aliphatic rings. The molecule has 0 radical (unpaired) electrons. The highest BCUT2D eigenvalue weighted by Gasteiger charge is 2.20. The molecule has 0 aliphatic carbocycles. The lowest BCUT2D eigenvalue weighted by molar-refractivity contribution is 0.102. The summed E-state index contributed by atoms with van der Waals surface area (Å²) in [6.07, 6.45) is 0.668. The zero-order valence-corrected chi connectivity index (χ0v) is 12.3. The number of aldehydes is 1. The van der Waals surface area contributed by atoms with E-state index in [1.807, 2.05) is 0 Å². The fourth-order valence-corrected chi connectivity index (χ4v) is 2.06. The summed E-state index contributed by atoms with van der Waals surface area (Å²) in [6, 6.07) is 9.87. The van der Waals surface area contributed by atoms with Crippen LogP contribution in [0.5, 0.6) is 11.5 Å². The first kappa shape index (κ1) is 15.4. The molecule has 1 amide bonds. The minimum atomic E-state index is -0.484. The summed E-state index contributed by atoms with van der Waals surface area (Å²) in [5.41, 5.74) is 7.05. The first-order valence-corrected chi connectivity index (χ1v) is 6.48. The highest BCUT2D eigenvalue weighted by Crippen LogP contribution is 2.33. The van der Waals surface area contributed by atoms with Crippen LogP contribution < -0.4 is 20.5 Å². The molecule has 0 aliphatic heterocycles. The first-order valence-electron chi connectivity index (χ1n) is 6.48. The normalized spacial score (nSPS) is 9.91. The second kappa shape index (κ2) is 6.62. The molecular weight excluding hydrogens is 284 g/mol. The van der Waals surface area contributed by atoms with E-state index in [0.717, 1.165) is 0 Å². The van der Waals surface area contributed by atoms with Gasteiger partial charge in [-0.05, 0) is 24.3 Å². The van der Waals surface area contributed by atoms with Gasteiger partial charge in [-0.1, -0.05) is 12.1 Å². The number of carbonyl (C=O) groups is 2. The van der Waals surface area contributed by atoms with Gasteiger partial charge in [-0.15, -0.1) is 0 Å². The lowest BCUT2D eigenvalue weighted by Gasteiger charge is -2.14. The molecule has 0 spiro atoms. The third-order valence-electron chi connectivity index (χ3n) is 3.17. The van der Waals surface area contributed by atoms with E-state index in [9.17, 15) is 9.59 Å². The van der Waals surface area contributed by atoms with Crippen molar-refractivity contribution >= 4 is 23.6 Å². The molecule has 0 heterocycles. The zero-order chi connectivity index (χ0) is 16.1. The number of benzene rings is 2. The van der Waals surface area contributed by atoms with E-state index >= 15 is 0 Å². The molecular formula is C16H16N2O4. The van der Waals surface area contributed by atoms with Crippen molar-refractivity contribution in [2.75, 3.05) is 25.3 Å². The summed E-state index contributed by atoms with van der Waals surface area (Å²) in [5, 5.41) is 2.66. The summed E-state index contributed by atoms with van der Waals surface area (Å²) >= 11 is 0. The van der Waals surface area contributed by atoms with E-state index in [4.69, 9.17) is 15.2 Å². The van der Waals surface area contributed by atoms with E-state index in [1.54, 1.807) is 36.4 Å². The third-order valence-corrected chi connectivity index (χ3v) is 3.17. The Kier molecular flexibility index (Phi) is 4.63. The van der Waals surface area contributed by atoms with Crippen molar-refractivity contribution in [1.29, 1.82) is 0 Å². The van der Waals surface area contributed by atoms with Gasteiger partial charge in [0.05, 0.1) is 25.6 Å². The summed E-state index contributed by atoms with van der Waals surface area (Å²) in [4.78, 5) is 23.5. The highest BCUT2D eigenvalue weighted by molar-refractivity contribution is 6.11. The summed E-state index contributed by atoms with van der Waals surface area (Å²) in [7, 11) is 2.90. The second-order valence-electron chi connectivity index (χ2n) is 4.42. The monoisotopic (exact) mass is 300 g/mol. The van der Waals surface area contributed by atoms with Crippen molar-refractivity contribution in [2.45, 2.75) is 0 Å². The van der Waals surface area contributed by atoms with Crippen molar-refractivity contribution in [1.82, 2.24) is 0 Å². The fraction of sp³-hybridized carbons (Fsp3) is 0.125. The minimum Gasteiger partial charge on any atom is -0.496 e. The van der Waals surface area contributed by atoms with Crippen molar-refractivity contribution < 1.29 is 19.1 Å². The molecule has 0 atom stereocenters. The Bertz CT molecular complexity index is 713. The van der Waals surface area contributed by atoms with Gasteiger partial charge in [0.2, 0.25) is 0 Å². The van der Waals surface area contributed by atoms with Gasteiger partial charge in [0.1, 0.15) is 17.1 Å². The Hall–Kier alpha value is -3.02. The van der Waals surface area contributed by atoms with Crippen LogP contribution in [0.4, 0.5) is 11.4 Å². The lowest BCUT2D eigenvalue weighted by Crippen LogP contribution is -2.17. The Morgan fingerprint density at radius 1 is 1.09 bits per heavy atom. The topological polar surface area (TPSA) is 90.6 Å². The van der Waals surface area contributed by atoms with Crippen molar-refractivity contribution in [2.24, 2.45) is 0 Å². The van der Waals surface area contributed by atoms with E-state index in [2.05, 4.69) is 5.32 Å². The van der Waals surface area contributed by atoms with Crippen LogP contribution in [0, 0.1) is 0 Å². The van der Waals surface area contributed by atoms with Crippen LogP contribution in [0.2, 0.25) is 0 Å². The SMILES string of the molecule is COc1ccc(OC)c(C(=O)Nc2ccccc2C=O)c1N. The number of rotatable bonds is 5. The minimum absolute atomic E-state index is 0.155. The van der Waals surface area contributed by atoms with Crippen molar-refractivity contribution in [3.05, 3.63) is 47.5 Å². The highest BCUT2D eigenvalue weighted by atomic mass is 16.5. The number of anilines is 2. The molecule has 6 heteroatoms. The summed E-state index contributed by atoms with van der Waals surface area (Å²) in [6.45, 7) is 0. The van der Waals surface area contributed by atoms with Crippen molar-refractivity contribution in [3.8, 4) is 11.5 Å². The molecule has 0 unspecified atom stereocenters. The van der Waals surface area contributed by atoms with Crippen LogP contribution in [0.15, 0.2) is 36.4 Å². The lowest BCUT2D eigenvalue weighted by atomic mass is 10.1. The van der Waals surface area contributed by atoms with Gasteiger partial charge in [-0.2, -0.15) is 0 Å². The third kappa shape index (κ3) is 2.85. The van der Waals surface area contributed by atoms with E-state index < -0.39 is 5.91 Å². The maximum atomic E-state index is 12.5. The Morgan fingerprint density at radius 2 is 1.73 bits per heavy atom. The van der Waals surface area contributed by atoms with Crippen LogP contribution in [0.3, 0.4) is 0 Å². The molecule has 2 aromatic carbocycles. The Morgan fingerprint density at radius 3 is 2.36 bits per heavy atom. The van der Waals surface area contributed by atoms with Crippen LogP contribution >= 0.6 is 0 Å². The number of amides is 1. The zero-order valence-electron chi connectivity index (χ0n) is 12.3. The van der Waals surface area contributed by atoms with E-state index in [0.29, 0.717) is 29.0 Å². The molecule has 0 saturated carbocycles. The molecule has 3 N–H and O–H groups in total. The molecule has 0 aromatic heterocycles. The predicted molar refractivity (Wildman–Crippen MR) is 83.7 cm³/mol. The van der Waals surface area contributed by atoms with Gasteiger partial charge in [0.25, 0.3) is 5.91 Å². The van der Waals surface area contributed by atoms with Crippen LogP contribution in [-0.4, -0.2) is 26.4 Å². The van der Waals surface area contributed by atoms with Gasteiger partial charge in [-0.3, -0.25) is 9.59 Å². The maximum Gasteiger partial charge on any atom is 0.261 e. The first-order chi connectivity index (χ1) is 10.6. The van der Waals surface area contributed by atoms with Gasteiger partial charge in [0.15, 0.2) is 6.29 Å². The Balaban J connectivity index is 2.43. The number of carbonyl (C=O) groups excluding carboxylic acids is 2. The number of methoxy groups -OCH3 is 2. The molecule has 0 fully saturated rings. The van der Waals surface area contributed by atoms with E-state index in [-0.39, 0.29) is 11.3 Å². The maximum absolute atomic E-state index is 12.5. The number of hydrogen-bond acceptors (Lipinski definition) is 5. The number of hydrogen-bond donors (Lipinski definition) is 2. The van der Waals surface area contributed by atoms with Gasteiger partial charge in [-0.25, -0.2) is 0 Å². The standard InChI is InChI=1S/C16H16N2O4/c1-21-12-7-8-13(22-2)15(17)14(12)16(20)18-11-6-4-3-5-10(11)9-19/h3-9H,17H2,1-2H3,(H,18,20). The van der Waals surface area contributed by atoms with Gasteiger partial charge < -0.3 is 20.5 Å². The van der Waals surface area contributed by atoms with Crippen LogP contribution in [0.1, 0.15) is 20.7 Å². The predicted octanol–water partition coefficient (Wildman–Crippen LogP) is 2.35. The van der Waals surface area contributed by atoms with Gasteiger partial charge >= 0.3 is 0 Å². The smallest absolute Gasteiger partial charge is 0.261 e. The fourth-order valence-electron chi connectivity index (χ4n) is 2.06. The molecule has 0 bridgehead atoms. The second-order valence-corrected chi connectivity index (χ2v) is 4.42. The molecule has 114 valence electrons. The molecule has 22 heavy (non-hydrogen) atoms. The number of ether oxygens (including phenoxy) is 2. The van der Waals surface area contributed by atoms with Gasteiger partial charge in [0, 0.05) is 5.56 Å². The molecule has 2 aromatic rings. The van der Waals surface area contributed by atoms with Crippen LogP contribution in [-0.2, 0) is 0 Å². The molecule has 6 nitrogen and oxygen atoms in total. The quantitative estimate of drug-likeness (QED) is 0.653. The van der Waals surface area contributed by atoms with Crippen LogP contribution in [0.25, 0.3) is 0 Å². The Labute approximate surface area is 127 Å². The summed E-state index contributed by atoms with van der Waals surface area (Å²) in [5.74, 6) is 0.205. The largest absolute Gasteiger partial charge is 0.496 e. The average molecular weight is 300 g/mol. The molecule has 2 rings (SSSR count). The average Bonchev–Trinajstić information content (AvgIpc) is 2.54. The number of para-hydroxylation sites is 1.